The smallest absolute Gasteiger partial charge is 0.216 e. The number of nitrogens with one attached hydrogen (secondary N) is 1. The minimum atomic E-state index is -0.156. The van der Waals surface area contributed by atoms with Gasteiger partial charge in [-0.15, -0.1) is 12.4 Å². The van der Waals surface area contributed by atoms with Gasteiger partial charge in [0.15, 0.2) is 0 Å². The number of piperazine rings is 1. The second-order valence-electron chi connectivity index (χ2n) is 8.17. The van der Waals surface area contributed by atoms with Crippen molar-refractivity contribution in [2.45, 2.75) is 39.7 Å². The number of rotatable bonds is 7. The third-order valence-electron chi connectivity index (χ3n) is 5.54. The van der Waals surface area contributed by atoms with Crippen LogP contribution < -0.4 is 10.2 Å². The fourth-order valence-corrected chi connectivity index (χ4v) is 3.88. The molecule has 6 heteroatoms. The van der Waals surface area contributed by atoms with E-state index in [0.717, 1.165) is 44.7 Å². The molecule has 1 N–H and O–H groups in total. The van der Waals surface area contributed by atoms with Crippen molar-refractivity contribution in [1.29, 1.82) is 0 Å². The zero-order valence-corrected chi connectivity index (χ0v) is 19.0. The molecule has 2 aromatic rings. The van der Waals surface area contributed by atoms with E-state index in [0.29, 0.717) is 12.5 Å². The number of halogens is 2. The Balaban J connectivity index is 0.00000320. The number of amides is 1. The Morgan fingerprint density at radius 2 is 1.67 bits per heavy atom. The molecule has 30 heavy (non-hydrogen) atoms. The van der Waals surface area contributed by atoms with Gasteiger partial charge in [0.25, 0.3) is 0 Å². The zero-order chi connectivity index (χ0) is 20.8. The molecule has 0 atom stereocenters. The average Bonchev–Trinajstić information content (AvgIpc) is 2.70. The van der Waals surface area contributed by atoms with Gasteiger partial charge in [0.05, 0.1) is 0 Å². The second-order valence-corrected chi connectivity index (χ2v) is 8.17. The van der Waals surface area contributed by atoms with Crippen LogP contribution in [0.4, 0.5) is 10.1 Å². The molecular formula is C24H33ClFN3O. The predicted octanol–water partition coefficient (Wildman–Crippen LogP) is 4.37. The summed E-state index contributed by atoms with van der Waals surface area (Å²) in [6.07, 6.45) is 0.856. The first kappa shape index (κ1) is 24.2. The number of hydrogen-bond donors (Lipinski definition) is 1. The van der Waals surface area contributed by atoms with Gasteiger partial charge in [0.2, 0.25) is 5.91 Å². The van der Waals surface area contributed by atoms with Crippen LogP contribution in [0.3, 0.4) is 0 Å². The predicted molar refractivity (Wildman–Crippen MR) is 124 cm³/mol. The summed E-state index contributed by atoms with van der Waals surface area (Å²) in [5.41, 5.74) is 4.81. The molecule has 0 saturated carbocycles. The molecule has 1 saturated heterocycles. The van der Waals surface area contributed by atoms with Crippen LogP contribution in [0.15, 0.2) is 42.5 Å². The lowest BCUT2D eigenvalue weighted by Crippen LogP contribution is -2.46. The summed E-state index contributed by atoms with van der Waals surface area (Å²) < 4.78 is 13.7. The van der Waals surface area contributed by atoms with Crippen LogP contribution in [0.5, 0.6) is 0 Å². The molecule has 0 aliphatic carbocycles. The van der Waals surface area contributed by atoms with E-state index in [2.05, 4.69) is 53.2 Å². The van der Waals surface area contributed by atoms with Crippen molar-refractivity contribution >= 4 is 24.0 Å². The standard InChI is InChI=1S/C24H32FN3O.ClH/c1-18(2)23-16-22(25)8-9-24(23)28-14-12-27(13-15-28)17-21-6-4-20(5-7-21)10-11-26-19(3)29;/h4-9,16,18H,10-15,17H2,1-3H3,(H,26,29);1H. The van der Waals surface area contributed by atoms with E-state index in [1.807, 2.05) is 6.07 Å². The van der Waals surface area contributed by atoms with Gasteiger partial charge in [-0.1, -0.05) is 38.1 Å². The highest BCUT2D eigenvalue weighted by Crippen LogP contribution is 2.29. The lowest BCUT2D eigenvalue weighted by atomic mass is 9.99. The molecule has 0 radical (unpaired) electrons. The molecule has 0 spiro atoms. The number of nitrogens with zero attached hydrogens (tertiary/aromatic N) is 2. The first-order chi connectivity index (χ1) is 13.9. The van der Waals surface area contributed by atoms with Crippen LogP contribution in [0.2, 0.25) is 0 Å². The van der Waals surface area contributed by atoms with Crippen LogP contribution in [-0.2, 0) is 17.8 Å². The molecule has 0 unspecified atom stereocenters. The molecule has 4 nitrogen and oxygen atoms in total. The van der Waals surface area contributed by atoms with Crippen molar-refractivity contribution in [3.8, 4) is 0 Å². The Bertz CT molecular complexity index is 818. The quantitative estimate of drug-likeness (QED) is 0.704. The first-order valence-electron chi connectivity index (χ1n) is 10.5. The number of benzene rings is 2. The summed E-state index contributed by atoms with van der Waals surface area (Å²) in [6.45, 7) is 11.3. The number of carbonyl (C=O) groups is 1. The van der Waals surface area contributed by atoms with Gasteiger partial charge in [-0.05, 0) is 47.2 Å². The largest absolute Gasteiger partial charge is 0.369 e. The lowest BCUT2D eigenvalue weighted by Gasteiger charge is -2.37. The van der Waals surface area contributed by atoms with E-state index >= 15 is 0 Å². The number of carbonyl (C=O) groups excluding carboxylic acids is 1. The molecule has 164 valence electrons. The highest BCUT2D eigenvalue weighted by molar-refractivity contribution is 5.85. The summed E-state index contributed by atoms with van der Waals surface area (Å²) in [7, 11) is 0. The minimum absolute atomic E-state index is 0. The molecule has 1 heterocycles. The van der Waals surface area contributed by atoms with Crippen LogP contribution in [0, 0.1) is 5.82 Å². The summed E-state index contributed by atoms with van der Waals surface area (Å²) in [5, 5.41) is 2.83. The third kappa shape index (κ3) is 6.71. The molecule has 0 aromatic heterocycles. The van der Waals surface area contributed by atoms with Gasteiger partial charge in [-0.25, -0.2) is 4.39 Å². The van der Waals surface area contributed by atoms with Crippen molar-refractivity contribution in [3.63, 3.8) is 0 Å². The van der Waals surface area contributed by atoms with Crippen molar-refractivity contribution in [1.82, 2.24) is 10.2 Å². The van der Waals surface area contributed by atoms with E-state index in [9.17, 15) is 9.18 Å². The molecule has 0 bridgehead atoms. The molecule has 1 aliphatic rings. The maximum absolute atomic E-state index is 13.7. The van der Waals surface area contributed by atoms with E-state index in [1.165, 1.54) is 16.8 Å². The molecule has 1 fully saturated rings. The number of hydrogen-bond acceptors (Lipinski definition) is 3. The van der Waals surface area contributed by atoms with Crippen LogP contribution in [0.25, 0.3) is 0 Å². The summed E-state index contributed by atoms with van der Waals surface area (Å²) in [4.78, 5) is 15.8. The molecule has 1 aliphatic heterocycles. The van der Waals surface area contributed by atoms with E-state index in [1.54, 1.807) is 19.1 Å². The second kappa shape index (κ2) is 11.3. The summed E-state index contributed by atoms with van der Waals surface area (Å²) >= 11 is 0. The first-order valence-corrected chi connectivity index (χ1v) is 10.5. The highest BCUT2D eigenvalue weighted by Gasteiger charge is 2.20. The van der Waals surface area contributed by atoms with Crippen molar-refractivity contribution in [2.75, 3.05) is 37.6 Å². The Hall–Kier alpha value is -2.11. The Morgan fingerprint density at radius 3 is 2.27 bits per heavy atom. The third-order valence-corrected chi connectivity index (χ3v) is 5.54. The topological polar surface area (TPSA) is 35.6 Å². The normalized spacial score (nSPS) is 14.5. The van der Waals surface area contributed by atoms with Crippen LogP contribution >= 0.6 is 12.4 Å². The van der Waals surface area contributed by atoms with Crippen LogP contribution in [0.1, 0.15) is 43.4 Å². The maximum Gasteiger partial charge on any atom is 0.216 e. The average molecular weight is 434 g/mol. The minimum Gasteiger partial charge on any atom is -0.369 e. The van der Waals surface area contributed by atoms with Crippen molar-refractivity contribution in [2.24, 2.45) is 0 Å². The summed E-state index contributed by atoms with van der Waals surface area (Å²) in [5.74, 6) is 0.168. The molecule has 3 rings (SSSR count). The molecular weight excluding hydrogens is 401 g/mol. The van der Waals surface area contributed by atoms with Crippen LogP contribution in [-0.4, -0.2) is 43.5 Å². The SMILES string of the molecule is CC(=O)NCCc1ccc(CN2CCN(c3ccc(F)cc3C(C)C)CC2)cc1.Cl. The fraction of sp³-hybridized carbons (Fsp3) is 0.458. The lowest BCUT2D eigenvalue weighted by molar-refractivity contribution is -0.118. The van der Waals surface area contributed by atoms with Gasteiger partial charge in [-0.2, -0.15) is 0 Å². The Kier molecular flexibility index (Phi) is 9.12. The van der Waals surface area contributed by atoms with Gasteiger partial charge in [-0.3, -0.25) is 9.69 Å². The van der Waals surface area contributed by atoms with Gasteiger partial charge < -0.3 is 10.2 Å². The van der Waals surface area contributed by atoms with Gasteiger partial charge in [0.1, 0.15) is 5.82 Å². The van der Waals surface area contributed by atoms with Crippen molar-refractivity contribution in [3.05, 3.63) is 65.0 Å². The molecule has 1 amide bonds. The fourth-order valence-electron chi connectivity index (χ4n) is 3.88. The van der Waals surface area contributed by atoms with Gasteiger partial charge >= 0.3 is 0 Å². The van der Waals surface area contributed by atoms with E-state index < -0.39 is 0 Å². The molecule has 2 aromatic carbocycles. The van der Waals surface area contributed by atoms with Gasteiger partial charge in [0, 0.05) is 51.9 Å². The monoisotopic (exact) mass is 433 g/mol. The highest BCUT2D eigenvalue weighted by atomic mass is 35.5. The zero-order valence-electron chi connectivity index (χ0n) is 18.2. The maximum atomic E-state index is 13.7. The Morgan fingerprint density at radius 1 is 1.03 bits per heavy atom. The summed E-state index contributed by atoms with van der Waals surface area (Å²) in [6, 6.07) is 13.9. The van der Waals surface area contributed by atoms with E-state index in [4.69, 9.17) is 0 Å². The van der Waals surface area contributed by atoms with Crippen molar-refractivity contribution < 1.29 is 9.18 Å². The Labute approximate surface area is 185 Å². The number of anilines is 1. The van der Waals surface area contributed by atoms with E-state index in [-0.39, 0.29) is 24.1 Å².